The summed E-state index contributed by atoms with van der Waals surface area (Å²) in [5.41, 5.74) is 5.13. The molecule has 0 bridgehead atoms. The quantitative estimate of drug-likeness (QED) is 0.527. The first-order valence-electron chi connectivity index (χ1n) is 4.65. The normalized spacial score (nSPS) is 11.7. The molecule has 0 fully saturated rings. The van der Waals surface area contributed by atoms with Crippen LogP contribution in [0.15, 0.2) is 11.0 Å². The van der Waals surface area contributed by atoms with Crippen molar-refractivity contribution in [2.24, 2.45) is 7.05 Å². The lowest BCUT2D eigenvalue weighted by molar-refractivity contribution is 0.0992. The first-order chi connectivity index (χ1) is 7.54. The first kappa shape index (κ1) is 12.2. The Morgan fingerprint density at radius 2 is 2.38 bits per heavy atom. The SMILES string of the molecule is Cn1cc(C#CCC(O)CO)c(=O)nc1N. The van der Waals surface area contributed by atoms with Gasteiger partial charge in [-0.2, -0.15) is 4.98 Å². The molecule has 0 aliphatic rings. The number of nitrogens with two attached hydrogens (primary N) is 1. The molecular formula is C10H13N3O3. The highest BCUT2D eigenvalue weighted by Crippen LogP contribution is 1.94. The molecule has 86 valence electrons. The van der Waals surface area contributed by atoms with Gasteiger partial charge in [-0.1, -0.05) is 11.8 Å². The number of aromatic nitrogens is 2. The summed E-state index contributed by atoms with van der Waals surface area (Å²) in [5.74, 6) is 5.28. The zero-order chi connectivity index (χ0) is 12.1. The summed E-state index contributed by atoms with van der Waals surface area (Å²) in [4.78, 5) is 14.9. The molecule has 0 amide bonds. The molecule has 0 saturated carbocycles. The highest BCUT2D eigenvalue weighted by atomic mass is 16.3. The fourth-order valence-electron chi connectivity index (χ4n) is 0.972. The molecule has 16 heavy (non-hydrogen) atoms. The largest absolute Gasteiger partial charge is 0.394 e. The second-order valence-electron chi connectivity index (χ2n) is 3.27. The number of nitrogens with zero attached hydrogens (tertiary/aromatic N) is 2. The topological polar surface area (TPSA) is 101 Å². The van der Waals surface area contributed by atoms with Crippen molar-refractivity contribution in [3.8, 4) is 11.8 Å². The second kappa shape index (κ2) is 5.30. The fourth-order valence-corrected chi connectivity index (χ4v) is 0.972. The van der Waals surface area contributed by atoms with E-state index in [-0.39, 0.29) is 24.5 Å². The zero-order valence-electron chi connectivity index (χ0n) is 8.84. The molecular weight excluding hydrogens is 210 g/mol. The molecule has 0 aliphatic heterocycles. The van der Waals surface area contributed by atoms with Gasteiger partial charge >= 0.3 is 0 Å². The summed E-state index contributed by atoms with van der Waals surface area (Å²) in [7, 11) is 1.65. The number of anilines is 1. The van der Waals surface area contributed by atoms with Crippen LogP contribution in [-0.2, 0) is 7.05 Å². The number of hydrogen-bond acceptors (Lipinski definition) is 5. The Balaban J connectivity index is 2.89. The number of aliphatic hydroxyl groups excluding tert-OH is 2. The van der Waals surface area contributed by atoms with Gasteiger partial charge in [0, 0.05) is 19.7 Å². The van der Waals surface area contributed by atoms with E-state index in [2.05, 4.69) is 16.8 Å². The van der Waals surface area contributed by atoms with Crippen LogP contribution in [0.25, 0.3) is 0 Å². The van der Waals surface area contributed by atoms with Crippen LogP contribution in [0.4, 0.5) is 5.95 Å². The van der Waals surface area contributed by atoms with Gasteiger partial charge in [0.2, 0.25) is 5.95 Å². The minimum Gasteiger partial charge on any atom is -0.394 e. The smallest absolute Gasteiger partial charge is 0.290 e. The van der Waals surface area contributed by atoms with Gasteiger partial charge in [-0.25, -0.2) is 0 Å². The Morgan fingerprint density at radius 1 is 1.69 bits per heavy atom. The van der Waals surface area contributed by atoms with Gasteiger partial charge in [-0.05, 0) is 0 Å². The summed E-state index contributed by atoms with van der Waals surface area (Å²) in [5, 5.41) is 17.6. The highest BCUT2D eigenvalue weighted by Gasteiger charge is 2.01. The van der Waals surface area contributed by atoms with Crippen molar-refractivity contribution in [2.45, 2.75) is 12.5 Å². The average Bonchev–Trinajstić information content (AvgIpc) is 2.25. The Bertz CT molecular complexity index is 484. The molecule has 1 atom stereocenters. The number of aryl methyl sites for hydroxylation is 1. The first-order valence-corrected chi connectivity index (χ1v) is 4.65. The third kappa shape index (κ3) is 3.08. The summed E-state index contributed by atoms with van der Waals surface area (Å²) in [6.45, 7) is -0.354. The maximum atomic E-state index is 11.3. The molecule has 6 nitrogen and oxygen atoms in total. The summed E-state index contributed by atoms with van der Waals surface area (Å²) in [6, 6.07) is 0. The average molecular weight is 223 g/mol. The Labute approximate surface area is 92.4 Å². The lowest BCUT2D eigenvalue weighted by Crippen LogP contribution is -2.17. The van der Waals surface area contributed by atoms with Gasteiger partial charge in [0.15, 0.2) is 0 Å². The van der Waals surface area contributed by atoms with E-state index in [0.29, 0.717) is 0 Å². The molecule has 1 aromatic rings. The van der Waals surface area contributed by atoms with E-state index in [1.54, 1.807) is 7.05 Å². The Kier molecular flexibility index (Phi) is 4.05. The van der Waals surface area contributed by atoms with Crippen LogP contribution in [0, 0.1) is 11.8 Å². The van der Waals surface area contributed by atoms with Crippen molar-refractivity contribution in [1.29, 1.82) is 0 Å². The Hall–Kier alpha value is -1.84. The summed E-state index contributed by atoms with van der Waals surface area (Å²) in [6.07, 6.45) is 0.686. The van der Waals surface area contributed by atoms with E-state index in [4.69, 9.17) is 15.9 Å². The lowest BCUT2D eigenvalue weighted by Gasteiger charge is -2.01. The molecule has 1 unspecified atom stereocenters. The third-order valence-corrected chi connectivity index (χ3v) is 1.90. The van der Waals surface area contributed by atoms with E-state index in [0.717, 1.165) is 0 Å². The molecule has 0 saturated heterocycles. The Morgan fingerprint density at radius 3 is 3.00 bits per heavy atom. The fraction of sp³-hybridized carbons (Fsp3) is 0.400. The predicted molar refractivity (Wildman–Crippen MR) is 58.5 cm³/mol. The monoisotopic (exact) mass is 223 g/mol. The van der Waals surface area contributed by atoms with E-state index in [9.17, 15) is 4.79 Å². The molecule has 0 spiro atoms. The summed E-state index contributed by atoms with van der Waals surface area (Å²) < 4.78 is 1.48. The molecule has 6 heteroatoms. The van der Waals surface area contributed by atoms with Crippen LogP contribution in [0.2, 0.25) is 0 Å². The van der Waals surface area contributed by atoms with Gasteiger partial charge in [0.05, 0.1) is 12.7 Å². The van der Waals surface area contributed by atoms with Crippen molar-refractivity contribution >= 4 is 5.95 Å². The maximum Gasteiger partial charge on any atom is 0.290 e. The number of rotatable bonds is 2. The van der Waals surface area contributed by atoms with E-state index >= 15 is 0 Å². The molecule has 1 rings (SSSR count). The molecule has 4 N–H and O–H groups in total. The van der Waals surface area contributed by atoms with Gasteiger partial charge in [0.25, 0.3) is 5.56 Å². The molecule has 1 heterocycles. The number of aliphatic hydroxyl groups is 2. The molecule has 0 aromatic carbocycles. The van der Waals surface area contributed by atoms with Crippen molar-refractivity contribution in [3.05, 3.63) is 22.1 Å². The molecule has 1 aromatic heterocycles. The van der Waals surface area contributed by atoms with Crippen LogP contribution in [0.1, 0.15) is 12.0 Å². The predicted octanol–water partition coefficient (Wildman–Crippen LogP) is -1.54. The zero-order valence-corrected chi connectivity index (χ0v) is 8.84. The summed E-state index contributed by atoms with van der Waals surface area (Å²) >= 11 is 0. The van der Waals surface area contributed by atoms with Crippen LogP contribution >= 0.6 is 0 Å². The van der Waals surface area contributed by atoms with Gasteiger partial charge in [0.1, 0.15) is 5.56 Å². The number of nitrogen functional groups attached to an aromatic ring is 1. The van der Waals surface area contributed by atoms with Gasteiger partial charge < -0.3 is 20.5 Å². The minimum atomic E-state index is -0.891. The number of hydrogen-bond donors (Lipinski definition) is 3. The van der Waals surface area contributed by atoms with E-state index in [1.807, 2.05) is 0 Å². The van der Waals surface area contributed by atoms with Crippen LogP contribution < -0.4 is 11.3 Å². The molecule has 0 radical (unpaired) electrons. The van der Waals surface area contributed by atoms with E-state index in [1.165, 1.54) is 10.8 Å². The maximum absolute atomic E-state index is 11.3. The van der Waals surface area contributed by atoms with Crippen molar-refractivity contribution in [3.63, 3.8) is 0 Å². The third-order valence-electron chi connectivity index (χ3n) is 1.90. The van der Waals surface area contributed by atoms with Crippen molar-refractivity contribution < 1.29 is 10.2 Å². The van der Waals surface area contributed by atoms with Crippen molar-refractivity contribution in [2.75, 3.05) is 12.3 Å². The molecule has 0 aliphatic carbocycles. The van der Waals surface area contributed by atoms with Crippen molar-refractivity contribution in [1.82, 2.24) is 9.55 Å². The lowest BCUT2D eigenvalue weighted by atomic mass is 10.2. The second-order valence-corrected chi connectivity index (χ2v) is 3.27. The standard InChI is InChI=1S/C10H13N3O3/c1-13-5-7(9(16)12-10(13)11)3-2-4-8(15)6-14/h5,8,14-15H,4,6H2,1H3,(H2,11,12,16). The van der Waals surface area contributed by atoms with E-state index < -0.39 is 11.7 Å². The highest BCUT2D eigenvalue weighted by molar-refractivity contribution is 5.33. The van der Waals surface area contributed by atoms with Gasteiger partial charge in [-0.15, -0.1) is 0 Å². The van der Waals surface area contributed by atoms with Crippen LogP contribution in [-0.4, -0.2) is 32.5 Å². The van der Waals surface area contributed by atoms with Crippen LogP contribution in [0.5, 0.6) is 0 Å². The van der Waals surface area contributed by atoms with Crippen LogP contribution in [0.3, 0.4) is 0 Å². The van der Waals surface area contributed by atoms with Gasteiger partial charge in [-0.3, -0.25) is 4.79 Å². The minimum absolute atomic E-state index is 0.101.